The van der Waals surface area contributed by atoms with Gasteiger partial charge in [-0.15, -0.1) is 0 Å². The van der Waals surface area contributed by atoms with Gasteiger partial charge in [-0.05, 0) is 34.1 Å². The van der Waals surface area contributed by atoms with E-state index in [2.05, 4.69) is 30.6 Å². The number of carbonyl (C=O) groups is 2. The highest BCUT2D eigenvalue weighted by atomic mass is 16.6. The van der Waals surface area contributed by atoms with E-state index < -0.39 is 60.3 Å². The first-order valence-electron chi connectivity index (χ1n) is 11.4. The molecule has 14 nitrogen and oxygen atoms in total. The second kappa shape index (κ2) is 9.53. The molecular formula is C21H31N7O7. The van der Waals surface area contributed by atoms with Gasteiger partial charge >= 0.3 is 6.09 Å². The molecule has 0 spiro atoms. The summed E-state index contributed by atoms with van der Waals surface area (Å²) in [5.41, 5.74) is 0.139. The van der Waals surface area contributed by atoms with Gasteiger partial charge in [-0.2, -0.15) is 0 Å². The van der Waals surface area contributed by atoms with Crippen LogP contribution in [0.4, 0.5) is 10.6 Å². The number of imidazole rings is 1. The minimum atomic E-state index is -1.44. The van der Waals surface area contributed by atoms with Gasteiger partial charge in [-0.1, -0.05) is 0 Å². The summed E-state index contributed by atoms with van der Waals surface area (Å²) < 4.78 is 11.2. The summed E-state index contributed by atoms with van der Waals surface area (Å²) in [7, 11) is 0. The average molecular weight is 494 g/mol. The predicted octanol–water partition coefficient (Wildman–Crippen LogP) is -0.913. The Morgan fingerprint density at radius 3 is 2.66 bits per heavy atom. The topological polar surface area (TPSA) is 195 Å². The molecule has 0 saturated carbocycles. The normalized spacial score (nSPS) is 31.4. The molecule has 2 fully saturated rings. The highest BCUT2D eigenvalue weighted by Crippen LogP contribution is 2.26. The molecule has 2 aliphatic rings. The lowest BCUT2D eigenvalue weighted by Crippen LogP contribution is -2.66. The third kappa shape index (κ3) is 5.15. The maximum Gasteiger partial charge on any atom is 0.411 e. The molecule has 2 aliphatic heterocycles. The van der Waals surface area contributed by atoms with E-state index in [0.717, 1.165) is 4.90 Å². The van der Waals surface area contributed by atoms with Crippen molar-refractivity contribution < 1.29 is 34.4 Å². The van der Waals surface area contributed by atoms with Crippen LogP contribution in [-0.2, 0) is 14.3 Å². The van der Waals surface area contributed by atoms with Crippen LogP contribution in [-0.4, -0.2) is 107 Å². The number of aliphatic hydroxyl groups excluding tert-OH is 3. The van der Waals surface area contributed by atoms with Crippen LogP contribution in [0.1, 0.15) is 34.1 Å². The number of fused-ring (bicyclic) bond motifs is 1. The summed E-state index contributed by atoms with van der Waals surface area (Å²) in [5.74, 6) is -0.366. The van der Waals surface area contributed by atoms with E-state index in [9.17, 15) is 24.9 Å². The lowest BCUT2D eigenvalue weighted by Gasteiger charge is -2.42. The third-order valence-electron chi connectivity index (χ3n) is 5.97. The maximum absolute atomic E-state index is 13.1. The average Bonchev–Trinajstić information content (AvgIpc) is 3.41. The minimum absolute atomic E-state index is 0.142. The van der Waals surface area contributed by atoms with Gasteiger partial charge < -0.3 is 40.4 Å². The SMILES string of the molecule is C[C@@H]1O[C@H](Nc2ncnc3nc[nH]c23)[C@@H](O)[C@H](O)[C@H]1NC(=O)[C@H]1[C@@H](O)CCN1C(=O)OC(C)(C)C. The largest absolute Gasteiger partial charge is 0.444 e. The van der Waals surface area contributed by atoms with Crippen molar-refractivity contribution in [1.82, 2.24) is 30.2 Å². The van der Waals surface area contributed by atoms with Gasteiger partial charge in [-0.25, -0.2) is 19.7 Å². The van der Waals surface area contributed by atoms with Crippen LogP contribution >= 0.6 is 0 Å². The number of nitrogens with one attached hydrogen (secondary N) is 3. The fraction of sp³-hybridized carbons (Fsp3) is 0.667. The molecule has 0 unspecified atom stereocenters. The Kier molecular flexibility index (Phi) is 6.81. The van der Waals surface area contributed by atoms with Crippen molar-refractivity contribution in [2.75, 3.05) is 11.9 Å². The molecule has 0 bridgehead atoms. The zero-order chi connectivity index (χ0) is 25.5. The Hall–Kier alpha value is -3.07. The van der Waals surface area contributed by atoms with E-state index in [1.807, 2.05) is 0 Å². The van der Waals surface area contributed by atoms with Crippen molar-refractivity contribution in [3.8, 4) is 0 Å². The lowest BCUT2D eigenvalue weighted by atomic mass is 9.95. The third-order valence-corrected chi connectivity index (χ3v) is 5.97. The molecule has 2 aromatic heterocycles. The Bertz CT molecular complexity index is 1070. The molecule has 0 aromatic carbocycles. The van der Waals surface area contributed by atoms with Crippen LogP contribution in [0.3, 0.4) is 0 Å². The van der Waals surface area contributed by atoms with Crippen LogP contribution in [0.15, 0.2) is 12.7 Å². The van der Waals surface area contributed by atoms with Gasteiger partial charge in [0.15, 0.2) is 17.7 Å². The zero-order valence-electron chi connectivity index (χ0n) is 19.9. The molecule has 4 heterocycles. The molecule has 6 N–H and O–H groups in total. The van der Waals surface area contributed by atoms with Crippen molar-refractivity contribution >= 4 is 29.0 Å². The van der Waals surface area contributed by atoms with Crippen molar-refractivity contribution in [2.24, 2.45) is 0 Å². The van der Waals surface area contributed by atoms with Crippen molar-refractivity contribution in [3.05, 3.63) is 12.7 Å². The molecule has 7 atom stereocenters. The number of carbonyl (C=O) groups excluding carboxylic acids is 2. The van der Waals surface area contributed by atoms with Crippen molar-refractivity contribution in [3.63, 3.8) is 0 Å². The Morgan fingerprint density at radius 2 is 1.94 bits per heavy atom. The van der Waals surface area contributed by atoms with Crippen LogP contribution < -0.4 is 10.6 Å². The number of aromatic amines is 1. The number of amides is 2. The summed E-state index contributed by atoms with van der Waals surface area (Å²) in [6, 6.07) is -2.21. The number of nitrogens with zero attached hydrogens (tertiary/aromatic N) is 4. The van der Waals surface area contributed by atoms with E-state index in [4.69, 9.17) is 9.47 Å². The quantitative estimate of drug-likeness (QED) is 0.308. The predicted molar refractivity (Wildman–Crippen MR) is 121 cm³/mol. The Labute approximate surface area is 201 Å². The van der Waals surface area contributed by atoms with E-state index in [1.165, 1.54) is 12.7 Å². The van der Waals surface area contributed by atoms with Crippen LogP contribution in [0.2, 0.25) is 0 Å². The van der Waals surface area contributed by atoms with Crippen LogP contribution in [0.25, 0.3) is 11.2 Å². The number of hydrogen-bond acceptors (Lipinski definition) is 11. The molecule has 0 aliphatic carbocycles. The van der Waals surface area contributed by atoms with Crippen LogP contribution in [0.5, 0.6) is 0 Å². The van der Waals surface area contributed by atoms with Crippen LogP contribution in [0, 0.1) is 0 Å². The van der Waals surface area contributed by atoms with E-state index in [0.29, 0.717) is 17.0 Å². The number of H-pyrrole nitrogens is 1. The first-order chi connectivity index (χ1) is 16.5. The summed E-state index contributed by atoms with van der Waals surface area (Å²) in [6.07, 6.45) is -3.54. The standard InChI is InChI=1S/C21H31N7O7/c1-9-11(26-18(32)13-10(29)5-6-28(13)20(33)35-21(2,3)4)14(30)15(31)19(34-9)27-17-12-16(23-7-22-12)24-8-25-17/h7-11,13-15,19,29-31H,5-6H2,1-4H3,(H,26,32)(H2,22,23,24,25,27)/t9-,10-,11-,13+,14+,15-,19-/m0/s1. The molecule has 35 heavy (non-hydrogen) atoms. The molecule has 4 rings (SSSR count). The number of aliphatic hydroxyl groups is 3. The lowest BCUT2D eigenvalue weighted by molar-refractivity contribution is -0.173. The van der Waals surface area contributed by atoms with Gasteiger partial charge in [0, 0.05) is 6.54 Å². The monoisotopic (exact) mass is 493 g/mol. The fourth-order valence-corrected chi connectivity index (χ4v) is 4.26. The van der Waals surface area contributed by atoms with Gasteiger partial charge in [-0.3, -0.25) is 9.69 Å². The first-order valence-corrected chi connectivity index (χ1v) is 11.4. The first kappa shape index (κ1) is 25.0. The number of rotatable bonds is 4. The molecule has 2 aromatic rings. The maximum atomic E-state index is 13.1. The number of likely N-dealkylation sites (tertiary alicyclic amines) is 1. The smallest absolute Gasteiger partial charge is 0.411 e. The Balaban J connectivity index is 1.44. The second-order valence-electron chi connectivity index (χ2n) is 9.72. The van der Waals surface area contributed by atoms with E-state index >= 15 is 0 Å². The molecular weight excluding hydrogens is 462 g/mol. The molecule has 192 valence electrons. The number of hydrogen-bond donors (Lipinski definition) is 6. The molecule has 0 radical (unpaired) electrons. The zero-order valence-corrected chi connectivity index (χ0v) is 19.9. The van der Waals surface area contributed by atoms with Gasteiger partial charge in [0.25, 0.3) is 0 Å². The van der Waals surface area contributed by atoms with Crippen molar-refractivity contribution in [2.45, 2.75) is 82.4 Å². The summed E-state index contributed by atoms with van der Waals surface area (Å²) >= 11 is 0. The minimum Gasteiger partial charge on any atom is -0.444 e. The fourth-order valence-electron chi connectivity index (χ4n) is 4.26. The summed E-state index contributed by atoms with van der Waals surface area (Å²) in [4.78, 5) is 41.9. The number of aromatic nitrogens is 4. The highest BCUT2D eigenvalue weighted by molar-refractivity contribution is 5.87. The summed E-state index contributed by atoms with van der Waals surface area (Å²) in [6.45, 7) is 6.87. The van der Waals surface area contributed by atoms with Gasteiger partial charge in [0.2, 0.25) is 5.91 Å². The number of anilines is 1. The molecule has 2 amide bonds. The van der Waals surface area contributed by atoms with Gasteiger partial charge in [0.1, 0.15) is 35.7 Å². The van der Waals surface area contributed by atoms with Gasteiger partial charge in [0.05, 0.1) is 24.6 Å². The van der Waals surface area contributed by atoms with Crippen molar-refractivity contribution in [1.29, 1.82) is 0 Å². The van der Waals surface area contributed by atoms with E-state index in [1.54, 1.807) is 27.7 Å². The van der Waals surface area contributed by atoms with E-state index in [-0.39, 0.29) is 13.0 Å². The summed E-state index contributed by atoms with van der Waals surface area (Å²) in [5, 5.41) is 37.5. The number of ether oxygens (including phenoxy) is 2. The highest BCUT2D eigenvalue weighted by Gasteiger charge is 2.47. The molecule has 14 heteroatoms. The molecule has 2 saturated heterocycles. The Morgan fingerprint density at radius 1 is 1.20 bits per heavy atom. The second-order valence-corrected chi connectivity index (χ2v) is 9.72.